The molecule has 1 N–H and O–H groups in total. The van der Waals surface area contributed by atoms with Gasteiger partial charge in [0.1, 0.15) is 11.6 Å². The van der Waals surface area contributed by atoms with E-state index >= 15 is 0 Å². The minimum Gasteiger partial charge on any atom is -0.391 e. The van der Waals surface area contributed by atoms with E-state index in [2.05, 4.69) is 9.97 Å². The maximum atomic E-state index is 13.0. The Hall–Kier alpha value is -2.02. The fourth-order valence-electron chi connectivity index (χ4n) is 3.80. The molecular weight excluding hydrogens is 308 g/mol. The Labute approximate surface area is 141 Å². The lowest BCUT2D eigenvalue weighted by atomic mass is 9.83. The van der Waals surface area contributed by atoms with Gasteiger partial charge in [-0.05, 0) is 25.8 Å². The van der Waals surface area contributed by atoms with Crippen LogP contribution in [0.4, 0.5) is 0 Å². The summed E-state index contributed by atoms with van der Waals surface area (Å²) in [5.74, 6) is 0.208. The van der Waals surface area contributed by atoms with E-state index in [1.54, 1.807) is 35.2 Å². The fraction of sp³-hybridized carbons (Fsp3) is 0.647. The summed E-state index contributed by atoms with van der Waals surface area (Å²) in [6, 6.07) is 1.11. The molecule has 130 valence electrons. The highest BCUT2D eigenvalue weighted by atomic mass is 16.3. The van der Waals surface area contributed by atoms with Gasteiger partial charge in [-0.25, -0.2) is 9.97 Å². The van der Waals surface area contributed by atoms with Crippen molar-refractivity contribution in [1.82, 2.24) is 19.8 Å². The molecule has 0 aliphatic carbocycles. The molecule has 2 aliphatic rings. The number of amides is 2. The molecule has 2 aliphatic heterocycles. The van der Waals surface area contributed by atoms with Crippen molar-refractivity contribution in [3.05, 3.63) is 24.3 Å². The average Bonchev–Trinajstić information content (AvgIpc) is 3.00. The molecule has 0 saturated carbocycles. The summed E-state index contributed by atoms with van der Waals surface area (Å²) in [4.78, 5) is 37.2. The smallest absolute Gasteiger partial charge is 0.251 e. The Balaban J connectivity index is 1.84. The molecule has 0 bridgehead atoms. The predicted octanol–water partition coefficient (Wildman–Crippen LogP) is 0.758. The van der Waals surface area contributed by atoms with Gasteiger partial charge in [0.15, 0.2) is 5.82 Å². The SMILES string of the molecule is CC(C)C(=O)N1CCCC12CN(C(c1ncccn1)[C@@H](C)O)C2=O. The van der Waals surface area contributed by atoms with Crippen molar-refractivity contribution in [2.24, 2.45) is 5.92 Å². The molecule has 3 atom stereocenters. The quantitative estimate of drug-likeness (QED) is 0.823. The van der Waals surface area contributed by atoms with Gasteiger partial charge < -0.3 is 14.9 Å². The summed E-state index contributed by atoms with van der Waals surface area (Å²) in [7, 11) is 0. The summed E-state index contributed by atoms with van der Waals surface area (Å²) in [5, 5.41) is 10.2. The van der Waals surface area contributed by atoms with E-state index in [-0.39, 0.29) is 17.7 Å². The molecule has 2 fully saturated rings. The zero-order chi connectivity index (χ0) is 17.5. The zero-order valence-corrected chi connectivity index (χ0v) is 14.3. The lowest BCUT2D eigenvalue weighted by Crippen LogP contribution is -2.74. The van der Waals surface area contributed by atoms with Gasteiger partial charge in [0.05, 0.1) is 12.6 Å². The maximum absolute atomic E-state index is 13.0. The van der Waals surface area contributed by atoms with Crippen molar-refractivity contribution in [1.29, 1.82) is 0 Å². The third kappa shape index (κ3) is 2.47. The number of hydrogen-bond acceptors (Lipinski definition) is 5. The van der Waals surface area contributed by atoms with E-state index in [1.807, 2.05) is 13.8 Å². The van der Waals surface area contributed by atoms with Crippen LogP contribution in [0.15, 0.2) is 18.5 Å². The highest BCUT2D eigenvalue weighted by molar-refractivity contribution is 5.97. The number of hydrogen-bond donors (Lipinski definition) is 1. The van der Waals surface area contributed by atoms with Crippen LogP contribution >= 0.6 is 0 Å². The van der Waals surface area contributed by atoms with Crippen molar-refractivity contribution in [3.63, 3.8) is 0 Å². The molecule has 3 heterocycles. The van der Waals surface area contributed by atoms with Gasteiger partial charge in [-0.1, -0.05) is 13.8 Å². The van der Waals surface area contributed by atoms with Crippen LogP contribution in [0.2, 0.25) is 0 Å². The molecule has 1 aromatic rings. The Bertz CT molecular complexity index is 634. The first-order chi connectivity index (χ1) is 11.4. The minimum absolute atomic E-state index is 0.0186. The monoisotopic (exact) mass is 332 g/mol. The van der Waals surface area contributed by atoms with Gasteiger partial charge in [0.2, 0.25) is 5.91 Å². The Kier molecular flexibility index (Phi) is 4.29. The van der Waals surface area contributed by atoms with Gasteiger partial charge in [-0.2, -0.15) is 0 Å². The molecule has 7 nitrogen and oxygen atoms in total. The summed E-state index contributed by atoms with van der Waals surface area (Å²) in [5.41, 5.74) is -0.733. The van der Waals surface area contributed by atoms with E-state index in [4.69, 9.17) is 0 Å². The first-order valence-corrected chi connectivity index (χ1v) is 8.46. The van der Waals surface area contributed by atoms with Crippen LogP contribution in [0.5, 0.6) is 0 Å². The number of aliphatic hydroxyl groups excluding tert-OH is 1. The van der Waals surface area contributed by atoms with Crippen LogP contribution in [0.25, 0.3) is 0 Å². The van der Waals surface area contributed by atoms with Crippen LogP contribution < -0.4 is 0 Å². The molecule has 1 aromatic heterocycles. The number of carbonyl (C=O) groups excluding carboxylic acids is 2. The van der Waals surface area contributed by atoms with Gasteiger partial charge in [0, 0.05) is 24.9 Å². The molecule has 0 radical (unpaired) electrons. The first-order valence-electron chi connectivity index (χ1n) is 8.46. The minimum atomic E-state index is -0.788. The number of likely N-dealkylation sites (tertiary alicyclic amines) is 2. The van der Waals surface area contributed by atoms with Crippen LogP contribution in [0.3, 0.4) is 0 Å². The van der Waals surface area contributed by atoms with Crippen LogP contribution in [-0.4, -0.2) is 61.4 Å². The summed E-state index contributed by atoms with van der Waals surface area (Å²) in [6.07, 6.45) is 3.93. The van der Waals surface area contributed by atoms with Gasteiger partial charge in [-0.15, -0.1) is 0 Å². The van der Waals surface area contributed by atoms with E-state index in [1.165, 1.54) is 0 Å². The van der Waals surface area contributed by atoms with E-state index in [9.17, 15) is 14.7 Å². The molecule has 3 rings (SSSR count). The highest BCUT2D eigenvalue weighted by Crippen LogP contribution is 2.43. The van der Waals surface area contributed by atoms with E-state index in [0.717, 1.165) is 6.42 Å². The summed E-state index contributed by atoms with van der Waals surface area (Å²) < 4.78 is 0. The lowest BCUT2D eigenvalue weighted by molar-refractivity contribution is -0.176. The second-order valence-corrected chi connectivity index (χ2v) is 7.01. The normalized spacial score (nSPS) is 26.0. The molecular formula is C17H24N4O3. The number of aromatic nitrogens is 2. The van der Waals surface area contributed by atoms with Crippen molar-refractivity contribution < 1.29 is 14.7 Å². The number of rotatable bonds is 4. The molecule has 7 heteroatoms. The third-order valence-corrected chi connectivity index (χ3v) is 4.98. The molecule has 24 heavy (non-hydrogen) atoms. The summed E-state index contributed by atoms with van der Waals surface area (Å²) in [6.45, 7) is 6.39. The standard InChI is InChI=1S/C17H24N4O3/c1-11(2)15(23)21-9-4-6-17(21)10-20(16(17)24)13(12(3)22)14-18-7-5-8-19-14/h5,7-8,11-13,22H,4,6,9-10H2,1-3H3/t12-,13?,17?/m1/s1. The predicted molar refractivity (Wildman–Crippen MR) is 86.7 cm³/mol. The number of nitrogens with zero attached hydrogens (tertiary/aromatic N) is 4. The molecule has 2 saturated heterocycles. The van der Waals surface area contributed by atoms with Crippen LogP contribution in [0.1, 0.15) is 45.5 Å². The maximum Gasteiger partial charge on any atom is 0.251 e. The van der Waals surface area contributed by atoms with E-state index in [0.29, 0.717) is 25.3 Å². The Morgan fingerprint density at radius 2 is 1.96 bits per heavy atom. The zero-order valence-electron chi connectivity index (χ0n) is 14.3. The van der Waals surface area contributed by atoms with Crippen molar-refractivity contribution in [2.45, 2.75) is 51.3 Å². The largest absolute Gasteiger partial charge is 0.391 e. The van der Waals surface area contributed by atoms with Crippen molar-refractivity contribution >= 4 is 11.8 Å². The number of aliphatic hydroxyl groups is 1. The molecule has 0 aromatic carbocycles. The van der Waals surface area contributed by atoms with E-state index < -0.39 is 17.7 Å². The average molecular weight is 332 g/mol. The summed E-state index contributed by atoms with van der Waals surface area (Å²) >= 11 is 0. The van der Waals surface area contributed by atoms with Gasteiger partial charge in [-0.3, -0.25) is 9.59 Å². The lowest BCUT2D eigenvalue weighted by Gasteiger charge is -2.54. The highest BCUT2D eigenvalue weighted by Gasteiger charge is 2.61. The fourth-order valence-corrected chi connectivity index (χ4v) is 3.80. The second-order valence-electron chi connectivity index (χ2n) is 7.01. The Morgan fingerprint density at radius 1 is 1.29 bits per heavy atom. The molecule has 2 amide bonds. The van der Waals surface area contributed by atoms with Gasteiger partial charge in [0.25, 0.3) is 5.91 Å². The van der Waals surface area contributed by atoms with Crippen LogP contribution in [-0.2, 0) is 9.59 Å². The van der Waals surface area contributed by atoms with Crippen molar-refractivity contribution in [2.75, 3.05) is 13.1 Å². The first kappa shape index (κ1) is 16.8. The number of β-lactam (4-membered cyclic amide) rings is 1. The molecule has 2 unspecified atom stereocenters. The van der Waals surface area contributed by atoms with Gasteiger partial charge >= 0.3 is 0 Å². The molecule has 1 spiro atoms. The van der Waals surface area contributed by atoms with Crippen molar-refractivity contribution in [3.8, 4) is 0 Å². The topological polar surface area (TPSA) is 86.6 Å². The Morgan fingerprint density at radius 3 is 2.50 bits per heavy atom. The second kappa shape index (κ2) is 6.12. The van der Waals surface area contributed by atoms with Crippen LogP contribution in [0, 0.1) is 5.92 Å². The number of carbonyl (C=O) groups is 2. The third-order valence-electron chi connectivity index (χ3n) is 4.98.